The first-order valence-electron chi connectivity index (χ1n) is 6.88. The molecule has 1 saturated heterocycles. The smallest absolute Gasteiger partial charge is 0.205 e. The molecule has 0 bridgehead atoms. The van der Waals surface area contributed by atoms with E-state index >= 15 is 0 Å². The molecule has 1 fully saturated rings. The summed E-state index contributed by atoms with van der Waals surface area (Å²) in [7, 11) is 1.99. The van der Waals surface area contributed by atoms with Gasteiger partial charge < -0.3 is 9.84 Å². The van der Waals surface area contributed by atoms with Crippen molar-refractivity contribution in [2.45, 2.75) is 5.79 Å². The summed E-state index contributed by atoms with van der Waals surface area (Å²) in [5.41, 5.74) is 3.12. The molecule has 1 aliphatic heterocycles. The van der Waals surface area contributed by atoms with E-state index in [-0.39, 0.29) is 0 Å². The van der Waals surface area contributed by atoms with Gasteiger partial charge in [0.05, 0.1) is 13.2 Å². The van der Waals surface area contributed by atoms with Gasteiger partial charge in [0.2, 0.25) is 5.79 Å². The predicted molar refractivity (Wildman–Crippen MR) is 79.2 cm³/mol. The zero-order valence-corrected chi connectivity index (χ0v) is 11.6. The normalized spacial score (nSPS) is 23.7. The molecule has 0 radical (unpaired) electrons. The van der Waals surface area contributed by atoms with E-state index in [1.807, 2.05) is 49.5 Å². The lowest BCUT2D eigenvalue weighted by Crippen LogP contribution is -2.48. The number of rotatable bonds is 2. The van der Waals surface area contributed by atoms with E-state index in [4.69, 9.17) is 4.74 Å². The Balaban J connectivity index is 1.86. The highest BCUT2D eigenvalue weighted by atomic mass is 16.6. The van der Waals surface area contributed by atoms with Crippen molar-refractivity contribution in [1.29, 1.82) is 0 Å². The van der Waals surface area contributed by atoms with Crippen molar-refractivity contribution in [3.05, 3.63) is 60.2 Å². The van der Waals surface area contributed by atoms with Crippen LogP contribution in [0, 0.1) is 0 Å². The quantitative estimate of drug-likeness (QED) is 0.909. The Morgan fingerprint density at radius 3 is 2.30 bits per heavy atom. The number of β-amino-alcohol motifs (C(OH)–C–C–N with tert-alkyl or cyclic N) is 1. The monoisotopic (exact) mass is 269 g/mol. The van der Waals surface area contributed by atoms with Crippen molar-refractivity contribution in [3.8, 4) is 11.1 Å². The SMILES string of the molecule is CN1CCO[C@](O)(c2ccc(-c3ccccc3)cc2)C1. The molecule has 3 rings (SSSR count). The van der Waals surface area contributed by atoms with Crippen LogP contribution >= 0.6 is 0 Å². The third-order valence-corrected chi connectivity index (χ3v) is 3.74. The molecule has 0 aliphatic carbocycles. The van der Waals surface area contributed by atoms with Gasteiger partial charge in [0.15, 0.2) is 0 Å². The van der Waals surface area contributed by atoms with E-state index in [1.54, 1.807) is 0 Å². The molecular formula is C17H19NO2. The first kappa shape index (κ1) is 13.3. The highest BCUT2D eigenvalue weighted by molar-refractivity contribution is 5.63. The number of hydrogen-bond acceptors (Lipinski definition) is 3. The summed E-state index contributed by atoms with van der Waals surface area (Å²) in [6, 6.07) is 18.2. The maximum absolute atomic E-state index is 10.6. The molecule has 104 valence electrons. The Bertz CT molecular complexity index is 567. The second kappa shape index (κ2) is 5.37. The van der Waals surface area contributed by atoms with Crippen LogP contribution in [0.2, 0.25) is 0 Å². The van der Waals surface area contributed by atoms with Gasteiger partial charge in [0, 0.05) is 12.1 Å². The van der Waals surface area contributed by atoms with Gasteiger partial charge in [0.25, 0.3) is 0 Å². The van der Waals surface area contributed by atoms with Crippen molar-refractivity contribution < 1.29 is 9.84 Å². The van der Waals surface area contributed by atoms with Crippen LogP contribution in [0.3, 0.4) is 0 Å². The summed E-state index contributed by atoms with van der Waals surface area (Å²) in [6.07, 6.45) is 0. The molecule has 0 spiro atoms. The average Bonchev–Trinajstić information content (AvgIpc) is 2.48. The number of ether oxygens (including phenoxy) is 1. The summed E-state index contributed by atoms with van der Waals surface area (Å²) in [5.74, 6) is -1.19. The van der Waals surface area contributed by atoms with Crippen molar-refractivity contribution in [3.63, 3.8) is 0 Å². The highest BCUT2D eigenvalue weighted by Gasteiger charge is 2.34. The molecule has 0 unspecified atom stereocenters. The minimum Gasteiger partial charge on any atom is -0.361 e. The Hall–Kier alpha value is -1.68. The molecule has 1 aliphatic rings. The van der Waals surface area contributed by atoms with Crippen molar-refractivity contribution in [1.82, 2.24) is 4.90 Å². The van der Waals surface area contributed by atoms with Crippen LogP contribution in [-0.2, 0) is 10.5 Å². The van der Waals surface area contributed by atoms with Gasteiger partial charge in [-0.05, 0) is 18.2 Å². The summed E-state index contributed by atoms with van der Waals surface area (Å²) >= 11 is 0. The van der Waals surface area contributed by atoms with Crippen molar-refractivity contribution in [2.24, 2.45) is 0 Å². The van der Waals surface area contributed by atoms with Gasteiger partial charge in [-0.15, -0.1) is 0 Å². The van der Waals surface area contributed by atoms with Gasteiger partial charge in [-0.25, -0.2) is 0 Å². The van der Waals surface area contributed by atoms with Gasteiger partial charge in [0.1, 0.15) is 0 Å². The minimum atomic E-state index is -1.19. The van der Waals surface area contributed by atoms with Gasteiger partial charge in [-0.3, -0.25) is 4.90 Å². The molecular weight excluding hydrogens is 250 g/mol. The number of aliphatic hydroxyl groups is 1. The summed E-state index contributed by atoms with van der Waals surface area (Å²) < 4.78 is 5.58. The Morgan fingerprint density at radius 1 is 1.00 bits per heavy atom. The fourth-order valence-electron chi connectivity index (χ4n) is 2.59. The maximum Gasteiger partial charge on any atom is 0.205 e. The molecule has 1 heterocycles. The first-order valence-corrected chi connectivity index (χ1v) is 6.88. The molecule has 2 aromatic carbocycles. The summed E-state index contributed by atoms with van der Waals surface area (Å²) in [4.78, 5) is 2.08. The fourth-order valence-corrected chi connectivity index (χ4v) is 2.59. The van der Waals surface area contributed by atoms with E-state index in [0.29, 0.717) is 13.2 Å². The number of nitrogens with zero attached hydrogens (tertiary/aromatic N) is 1. The molecule has 0 saturated carbocycles. The minimum absolute atomic E-state index is 0.498. The lowest BCUT2D eigenvalue weighted by molar-refractivity contribution is -0.245. The number of hydrogen-bond donors (Lipinski definition) is 1. The zero-order valence-electron chi connectivity index (χ0n) is 11.6. The van der Waals surface area contributed by atoms with E-state index in [9.17, 15) is 5.11 Å². The molecule has 20 heavy (non-hydrogen) atoms. The Kier molecular flexibility index (Phi) is 3.57. The van der Waals surface area contributed by atoms with Crippen LogP contribution in [-0.4, -0.2) is 36.8 Å². The maximum atomic E-state index is 10.6. The summed E-state index contributed by atoms with van der Waals surface area (Å²) in [5, 5.41) is 10.6. The van der Waals surface area contributed by atoms with E-state index in [0.717, 1.165) is 17.7 Å². The van der Waals surface area contributed by atoms with Crippen LogP contribution in [0.25, 0.3) is 11.1 Å². The van der Waals surface area contributed by atoms with Crippen LogP contribution in [0.1, 0.15) is 5.56 Å². The predicted octanol–water partition coefficient (Wildman–Crippen LogP) is 2.46. The molecule has 3 heteroatoms. The lowest BCUT2D eigenvalue weighted by atomic mass is 9.99. The molecule has 0 amide bonds. The molecule has 1 N–H and O–H groups in total. The van der Waals surface area contributed by atoms with Gasteiger partial charge in [-0.1, -0.05) is 54.6 Å². The van der Waals surface area contributed by atoms with Gasteiger partial charge >= 0.3 is 0 Å². The number of likely N-dealkylation sites (N-methyl/N-ethyl adjacent to an activating group) is 1. The van der Waals surface area contributed by atoms with Crippen LogP contribution in [0.5, 0.6) is 0 Å². The third-order valence-electron chi connectivity index (χ3n) is 3.74. The number of morpholine rings is 1. The van der Waals surface area contributed by atoms with Crippen LogP contribution in [0.15, 0.2) is 54.6 Å². The first-order chi connectivity index (χ1) is 9.67. The standard InChI is InChI=1S/C17H19NO2/c1-18-11-12-20-17(19,13-18)16-9-7-15(8-10-16)14-5-3-2-4-6-14/h2-10,19H,11-13H2,1H3/t17-/m0/s1. The second-order valence-corrected chi connectivity index (χ2v) is 5.31. The van der Waals surface area contributed by atoms with Crippen LogP contribution < -0.4 is 0 Å². The Labute approximate surface area is 119 Å². The fraction of sp³-hybridized carbons (Fsp3) is 0.294. The topological polar surface area (TPSA) is 32.7 Å². The molecule has 2 aromatic rings. The van der Waals surface area contributed by atoms with Crippen molar-refractivity contribution in [2.75, 3.05) is 26.7 Å². The average molecular weight is 269 g/mol. The third kappa shape index (κ3) is 2.61. The molecule has 1 atom stereocenters. The molecule has 3 nitrogen and oxygen atoms in total. The van der Waals surface area contributed by atoms with Crippen molar-refractivity contribution >= 4 is 0 Å². The van der Waals surface area contributed by atoms with E-state index in [1.165, 1.54) is 5.56 Å². The van der Waals surface area contributed by atoms with E-state index in [2.05, 4.69) is 17.0 Å². The van der Waals surface area contributed by atoms with E-state index < -0.39 is 5.79 Å². The summed E-state index contributed by atoms with van der Waals surface area (Å²) in [6.45, 7) is 1.90. The highest BCUT2D eigenvalue weighted by Crippen LogP contribution is 2.28. The second-order valence-electron chi connectivity index (χ2n) is 5.31. The van der Waals surface area contributed by atoms with Gasteiger partial charge in [-0.2, -0.15) is 0 Å². The largest absolute Gasteiger partial charge is 0.361 e. The lowest BCUT2D eigenvalue weighted by Gasteiger charge is -2.37. The zero-order chi connectivity index (χ0) is 14.0. The Morgan fingerprint density at radius 2 is 1.65 bits per heavy atom. The number of benzene rings is 2. The molecule has 0 aromatic heterocycles. The van der Waals surface area contributed by atoms with Crippen LogP contribution in [0.4, 0.5) is 0 Å².